The Balaban J connectivity index is 0.652. The number of aliphatic hydroxyl groups is 3. The predicted molar refractivity (Wildman–Crippen MR) is 312 cm³/mol. The first-order chi connectivity index (χ1) is 42.4. The highest BCUT2D eigenvalue weighted by Crippen LogP contribution is 2.68. The molecule has 24 nitrogen and oxygen atoms in total. The Morgan fingerprint density at radius 1 is 0.618 bits per heavy atom. The minimum atomic E-state index is -1.32. The van der Waals surface area contributed by atoms with Gasteiger partial charge in [-0.3, -0.25) is 4.79 Å². The van der Waals surface area contributed by atoms with Crippen molar-refractivity contribution in [1.29, 1.82) is 0 Å². The molecule has 0 aromatic rings. The van der Waals surface area contributed by atoms with Crippen molar-refractivity contribution in [2.24, 2.45) is 28.6 Å². The van der Waals surface area contributed by atoms with E-state index in [-0.39, 0.29) is 36.4 Å². The molecule has 3 saturated carbocycles. The first-order valence-corrected chi connectivity index (χ1v) is 33.2. The third kappa shape index (κ3) is 13.4. The number of esters is 1. The molecule has 4 aliphatic carbocycles. The molecule has 11 rings (SSSR count). The third-order valence-corrected chi connectivity index (χ3v) is 23.1. The van der Waals surface area contributed by atoms with E-state index in [2.05, 4.69) is 19.9 Å². The maximum absolute atomic E-state index is 12.8. The topological polar surface area (TPSA) is 262 Å². The Morgan fingerprint density at radius 2 is 1.18 bits per heavy atom. The van der Waals surface area contributed by atoms with Gasteiger partial charge in [-0.05, 0) is 123 Å². The summed E-state index contributed by atoms with van der Waals surface area (Å²) in [5.41, 5.74) is 0.234. The largest absolute Gasteiger partial charge is 0.454 e. The van der Waals surface area contributed by atoms with E-state index in [1.54, 1.807) is 35.4 Å². The zero-order valence-electron chi connectivity index (χ0n) is 55.1. The number of hydrogen-bond donors (Lipinski definition) is 3. The number of fused-ring (bicyclic) bond motifs is 6. The fourth-order valence-electron chi connectivity index (χ4n) is 18.1. The number of aliphatic hydroxyl groups excluding tert-OH is 2. The first kappa shape index (κ1) is 68.7. The zero-order valence-corrected chi connectivity index (χ0v) is 55.1. The lowest BCUT2D eigenvalue weighted by molar-refractivity contribution is -0.472. The average molecular weight is 1270 g/mol. The van der Waals surface area contributed by atoms with Crippen LogP contribution in [0.2, 0.25) is 0 Å². The summed E-state index contributed by atoms with van der Waals surface area (Å²) < 4.78 is 114. The van der Waals surface area contributed by atoms with Gasteiger partial charge < -0.3 is 101 Å². The van der Waals surface area contributed by atoms with E-state index in [0.717, 1.165) is 44.9 Å². The minimum absolute atomic E-state index is 0.0555. The van der Waals surface area contributed by atoms with Gasteiger partial charge in [-0.15, -0.1) is 0 Å². The summed E-state index contributed by atoms with van der Waals surface area (Å²) in [6.45, 7) is 19.3. The molecule has 0 radical (unpaired) electrons. The van der Waals surface area contributed by atoms with Crippen LogP contribution in [0.5, 0.6) is 0 Å². The van der Waals surface area contributed by atoms with Crippen molar-refractivity contribution in [3.63, 3.8) is 0 Å². The molecule has 10 fully saturated rings. The van der Waals surface area contributed by atoms with Crippen LogP contribution in [0, 0.1) is 28.6 Å². The van der Waals surface area contributed by atoms with Crippen molar-refractivity contribution in [3.05, 3.63) is 11.6 Å². The minimum Gasteiger partial charge on any atom is -0.454 e. The predicted octanol–water partition coefficient (Wildman–Crippen LogP) is 5.86. The van der Waals surface area contributed by atoms with E-state index >= 15 is 0 Å². The highest BCUT2D eigenvalue weighted by Gasteiger charge is 2.66. The van der Waals surface area contributed by atoms with Crippen LogP contribution in [0.25, 0.3) is 0 Å². The molecule has 7 heterocycles. The molecule has 0 unspecified atom stereocenters. The number of carbonyl (C=O) groups is 1. The molecule has 510 valence electrons. The summed E-state index contributed by atoms with van der Waals surface area (Å²) in [6, 6.07) is 0. The summed E-state index contributed by atoms with van der Waals surface area (Å²) in [5.74, 6) is -0.451. The zero-order chi connectivity index (χ0) is 63.6. The van der Waals surface area contributed by atoms with E-state index in [9.17, 15) is 20.1 Å². The number of ether oxygens (including phenoxy) is 18. The molecule has 3 N–H and O–H groups in total. The first-order valence-electron chi connectivity index (χ1n) is 33.2. The van der Waals surface area contributed by atoms with E-state index in [0.29, 0.717) is 43.4 Å². The molecule has 33 atom stereocenters. The fourth-order valence-corrected chi connectivity index (χ4v) is 18.1. The van der Waals surface area contributed by atoms with E-state index in [1.165, 1.54) is 19.6 Å². The van der Waals surface area contributed by atoms with Gasteiger partial charge in [-0.1, -0.05) is 25.5 Å². The van der Waals surface area contributed by atoms with Crippen LogP contribution in [0.1, 0.15) is 153 Å². The van der Waals surface area contributed by atoms with Crippen LogP contribution in [-0.2, 0) is 99.8 Å². The Morgan fingerprint density at radius 3 is 1.75 bits per heavy atom. The Labute approximate surface area is 525 Å². The van der Waals surface area contributed by atoms with E-state index < -0.39 is 171 Å². The average Bonchev–Trinajstić information content (AvgIpc) is 1.67. The molecule has 0 aromatic carbocycles. The van der Waals surface area contributed by atoms with Crippen LogP contribution < -0.4 is 0 Å². The number of allylic oxidation sites excluding steroid dienone is 1. The van der Waals surface area contributed by atoms with Gasteiger partial charge in [0, 0.05) is 80.0 Å². The Hall–Kier alpha value is -1.67. The van der Waals surface area contributed by atoms with Crippen LogP contribution in [0.15, 0.2) is 11.6 Å². The van der Waals surface area contributed by atoms with E-state index in [1.807, 2.05) is 41.5 Å². The smallest absolute Gasteiger partial charge is 0.303 e. The van der Waals surface area contributed by atoms with Gasteiger partial charge in [0.1, 0.15) is 49.3 Å². The number of carbonyl (C=O) groups excluding carboxylic acids is 1. The third-order valence-electron chi connectivity index (χ3n) is 23.1. The van der Waals surface area contributed by atoms with Gasteiger partial charge in [-0.25, -0.2) is 4.89 Å². The number of rotatable bonds is 17. The van der Waals surface area contributed by atoms with Gasteiger partial charge in [0.15, 0.2) is 37.6 Å². The molecular weight excluding hydrogens is 1160 g/mol. The second-order valence-corrected chi connectivity index (χ2v) is 28.3. The summed E-state index contributed by atoms with van der Waals surface area (Å²) in [6.07, 6.45) is -4.82. The molecule has 7 aliphatic heterocycles. The van der Waals surface area contributed by atoms with Crippen LogP contribution in [-0.4, -0.2) is 234 Å². The second-order valence-electron chi connectivity index (χ2n) is 28.3. The summed E-state index contributed by atoms with van der Waals surface area (Å²) in [7, 11) is 7.90. The molecule has 11 aliphatic rings. The maximum atomic E-state index is 12.8. The van der Waals surface area contributed by atoms with Crippen LogP contribution >= 0.6 is 0 Å². The molecule has 0 amide bonds. The quantitative estimate of drug-likeness (QED) is 0.0875. The van der Waals surface area contributed by atoms with Crippen molar-refractivity contribution in [3.8, 4) is 0 Å². The normalized spacial score (nSPS) is 52.3. The Bertz CT molecular complexity index is 2390. The summed E-state index contributed by atoms with van der Waals surface area (Å²) in [5, 5.41) is 34.2. The molecule has 0 bridgehead atoms. The lowest BCUT2D eigenvalue weighted by Crippen LogP contribution is -2.62. The van der Waals surface area contributed by atoms with E-state index in [4.69, 9.17) is 95.0 Å². The molecule has 1 spiro atoms. The highest BCUT2D eigenvalue weighted by atomic mass is 17.2. The monoisotopic (exact) mass is 1270 g/mol. The Kier molecular flexibility index (Phi) is 21.5. The number of methoxy groups -OCH3 is 5. The molecule has 0 aromatic heterocycles. The highest BCUT2D eigenvalue weighted by molar-refractivity contribution is 5.66. The maximum Gasteiger partial charge on any atom is 0.303 e. The van der Waals surface area contributed by atoms with Crippen molar-refractivity contribution in [1.82, 2.24) is 0 Å². The lowest BCUT2D eigenvalue weighted by atomic mass is 9.46. The van der Waals surface area contributed by atoms with Crippen molar-refractivity contribution in [2.45, 2.75) is 324 Å². The molecule has 24 heteroatoms. The van der Waals surface area contributed by atoms with Gasteiger partial charge in [0.05, 0.1) is 85.0 Å². The second kappa shape index (κ2) is 27.8. The molecule has 7 saturated heterocycles. The van der Waals surface area contributed by atoms with Crippen molar-refractivity contribution < 1.29 is 115 Å². The van der Waals surface area contributed by atoms with Crippen LogP contribution in [0.4, 0.5) is 0 Å². The van der Waals surface area contributed by atoms with Crippen molar-refractivity contribution in [2.75, 3.05) is 42.2 Å². The van der Waals surface area contributed by atoms with Crippen LogP contribution in [0.3, 0.4) is 0 Å². The molecular formula is C65H106O24. The summed E-state index contributed by atoms with van der Waals surface area (Å²) >= 11 is 0. The lowest BCUT2D eigenvalue weighted by Gasteiger charge is -2.59. The van der Waals surface area contributed by atoms with Crippen molar-refractivity contribution >= 4 is 5.97 Å². The number of hydrogen-bond acceptors (Lipinski definition) is 24. The fraction of sp³-hybridized carbons (Fsp3) is 0.954. The van der Waals surface area contributed by atoms with Gasteiger partial charge in [0.2, 0.25) is 5.79 Å². The van der Waals surface area contributed by atoms with Gasteiger partial charge in [-0.2, -0.15) is 4.89 Å². The standard InChI is InChI=1S/C65H106O24/c1-31-53(68)59(74-15)60(82-38(8)66)61(80-31)86-56-34(4)78-51(27-46(56)72-13)84-54-32(2)76-50(25-44(54)70-11)83-55-33(3)77-52(26-45(55)71-12)85-57-36(6)87-64(29-48(57)73-14)30-75-47-28-49(79-35(5)58(47)88-89-64)81-37(7)65(69)23-20-43-41-17-16-39-24-40(67)18-21-62(39,9)42(41)19-22-63(43,65)10/h16,31-37,40-61,67-69H,17-30H2,1-15H3/t31-,32-,33+,34-,35-,36+,37-,40+,41-,42-,43-,44-,45-,46-,47-,48+,49+,50+,51+,52+,53-,54+,55-,56+,57+,58+,59+,60-,61+,62-,63-,64-,65+/m0/s1. The molecule has 89 heavy (non-hydrogen) atoms. The van der Waals surface area contributed by atoms with Gasteiger partial charge >= 0.3 is 5.97 Å². The SMILES string of the molecule is CO[C@@H]1[C@@H](O)[C@H](C)O[C@H](O[C@@H]2[C@H](C)O[C@H](O[C@@H]3[C@H](C)O[C@H](O[C@@H]4[C@@H](OC)C[C@@H](O[C@@H]5[C@@H](C)O[C@@]6(CO[C@H]7C[C@@H](O[C@@H](C)[C@]8(O)CC[C@H]9[C@H]%10CC=C%11C[C@H](O)CC[C@]%11(C)[C@H]%10CC[C@@]98C)O[C@@H](C)[C@H]7OO6)C[C@H]5OC)O[C@@H]4C)C[C@@H]3OC)C[C@@H]2OC)[C@H]1OC(C)=O. The van der Waals surface area contributed by atoms with Gasteiger partial charge in [0.25, 0.3) is 0 Å². The summed E-state index contributed by atoms with van der Waals surface area (Å²) in [4.78, 5) is 24.6.